The molecule has 1 saturated carbocycles. The van der Waals surface area contributed by atoms with Crippen molar-refractivity contribution in [2.45, 2.75) is 31.7 Å². The maximum absolute atomic E-state index is 11.7. The van der Waals surface area contributed by atoms with Gasteiger partial charge in [-0.2, -0.15) is 0 Å². The Morgan fingerprint density at radius 2 is 1.93 bits per heavy atom. The van der Waals surface area contributed by atoms with Crippen molar-refractivity contribution >= 4 is 5.91 Å². The van der Waals surface area contributed by atoms with Gasteiger partial charge in [0.05, 0.1) is 0 Å². The molecule has 1 rings (SSSR count). The maximum Gasteiger partial charge on any atom is 0.246 e. The smallest absolute Gasteiger partial charge is 0.246 e. The number of hydrogen-bond acceptors (Lipinski definition) is 2. The largest absolute Gasteiger partial charge is 0.335 e. The van der Waals surface area contributed by atoms with Crippen LogP contribution in [0.5, 0.6) is 0 Å². The zero-order valence-corrected chi connectivity index (χ0v) is 9.91. The molecule has 0 bridgehead atoms. The van der Waals surface area contributed by atoms with Gasteiger partial charge in [-0.1, -0.05) is 19.4 Å². The molecule has 0 unspecified atom stereocenters. The van der Waals surface area contributed by atoms with Crippen LogP contribution in [0, 0.1) is 0 Å². The number of carbonyl (C=O) groups excluding carboxylic acids is 1. The molecule has 0 aromatic rings. The van der Waals surface area contributed by atoms with E-state index in [-0.39, 0.29) is 5.91 Å². The molecule has 0 radical (unpaired) electrons. The number of rotatable bonds is 5. The van der Waals surface area contributed by atoms with E-state index in [0.717, 1.165) is 25.9 Å². The molecular weight excluding hydrogens is 188 g/mol. The van der Waals surface area contributed by atoms with E-state index in [1.54, 1.807) is 0 Å². The number of nitrogens with zero attached hydrogens (tertiary/aromatic N) is 2. The summed E-state index contributed by atoms with van der Waals surface area (Å²) < 4.78 is 0. The summed E-state index contributed by atoms with van der Waals surface area (Å²) in [5.41, 5.74) is 0. The second-order valence-corrected chi connectivity index (χ2v) is 4.48. The van der Waals surface area contributed by atoms with E-state index in [1.807, 2.05) is 19.0 Å². The highest BCUT2D eigenvalue weighted by molar-refractivity contribution is 5.87. The number of amides is 1. The normalized spacial score (nSPS) is 17.0. The summed E-state index contributed by atoms with van der Waals surface area (Å²) in [5, 5.41) is 0. The summed E-state index contributed by atoms with van der Waals surface area (Å²) in [6.45, 7) is 5.32. The van der Waals surface area contributed by atoms with Crippen LogP contribution in [0.3, 0.4) is 0 Å². The predicted octanol–water partition coefficient (Wildman–Crippen LogP) is 1.51. The minimum atomic E-state index is 0.0868. The molecule has 1 amide bonds. The van der Waals surface area contributed by atoms with E-state index >= 15 is 0 Å². The van der Waals surface area contributed by atoms with Gasteiger partial charge in [0.1, 0.15) is 0 Å². The number of hydrogen-bond donors (Lipinski definition) is 0. The Hall–Kier alpha value is -0.830. The molecule has 0 heterocycles. The SMILES string of the molecule is C=CC(=O)N(CCN(C)C)C1CCCC1. The van der Waals surface area contributed by atoms with Crippen LogP contribution in [0.4, 0.5) is 0 Å². The Labute approximate surface area is 92.7 Å². The minimum Gasteiger partial charge on any atom is -0.335 e. The highest BCUT2D eigenvalue weighted by atomic mass is 16.2. The summed E-state index contributed by atoms with van der Waals surface area (Å²) in [6.07, 6.45) is 6.27. The molecule has 3 nitrogen and oxygen atoms in total. The van der Waals surface area contributed by atoms with Gasteiger partial charge in [-0.15, -0.1) is 0 Å². The average Bonchev–Trinajstić information content (AvgIpc) is 2.70. The molecule has 0 aliphatic heterocycles. The molecule has 1 aliphatic rings. The van der Waals surface area contributed by atoms with Gasteiger partial charge >= 0.3 is 0 Å². The van der Waals surface area contributed by atoms with Crippen molar-refractivity contribution in [2.24, 2.45) is 0 Å². The van der Waals surface area contributed by atoms with Crippen LogP contribution >= 0.6 is 0 Å². The second-order valence-electron chi connectivity index (χ2n) is 4.48. The highest BCUT2D eigenvalue weighted by Crippen LogP contribution is 2.23. The average molecular weight is 210 g/mol. The maximum atomic E-state index is 11.7. The molecule has 3 heteroatoms. The van der Waals surface area contributed by atoms with Crippen molar-refractivity contribution in [1.82, 2.24) is 9.80 Å². The molecule has 0 N–H and O–H groups in total. The van der Waals surface area contributed by atoms with Crippen molar-refractivity contribution < 1.29 is 4.79 Å². The molecule has 0 aromatic carbocycles. The molecule has 86 valence electrons. The van der Waals surface area contributed by atoms with E-state index in [9.17, 15) is 4.79 Å². The van der Waals surface area contributed by atoms with Crippen LogP contribution in [0.1, 0.15) is 25.7 Å². The van der Waals surface area contributed by atoms with Gasteiger partial charge in [0.15, 0.2) is 0 Å². The van der Waals surface area contributed by atoms with Crippen LogP contribution in [0.2, 0.25) is 0 Å². The standard InChI is InChI=1S/C12H22N2O/c1-4-12(15)14(10-9-13(2)3)11-7-5-6-8-11/h4,11H,1,5-10H2,2-3H3. The van der Waals surface area contributed by atoms with Crippen LogP contribution in [-0.4, -0.2) is 48.9 Å². The Balaban J connectivity index is 2.51. The summed E-state index contributed by atoms with van der Waals surface area (Å²) >= 11 is 0. The summed E-state index contributed by atoms with van der Waals surface area (Å²) in [4.78, 5) is 15.8. The molecule has 0 spiro atoms. The molecule has 15 heavy (non-hydrogen) atoms. The third-order valence-corrected chi connectivity index (χ3v) is 3.01. The molecule has 0 aromatic heterocycles. The van der Waals surface area contributed by atoms with Crippen molar-refractivity contribution in [3.63, 3.8) is 0 Å². The quantitative estimate of drug-likeness (QED) is 0.642. The van der Waals surface area contributed by atoms with Crippen molar-refractivity contribution in [3.05, 3.63) is 12.7 Å². The van der Waals surface area contributed by atoms with Crippen LogP contribution < -0.4 is 0 Å². The van der Waals surface area contributed by atoms with Crippen molar-refractivity contribution in [1.29, 1.82) is 0 Å². The lowest BCUT2D eigenvalue weighted by Crippen LogP contribution is -2.41. The lowest BCUT2D eigenvalue weighted by Gasteiger charge is -2.29. The van der Waals surface area contributed by atoms with E-state index in [0.29, 0.717) is 6.04 Å². The fourth-order valence-electron chi connectivity index (χ4n) is 2.11. The Kier molecular flexibility index (Phi) is 4.82. The molecule has 1 fully saturated rings. The van der Waals surface area contributed by atoms with Gasteiger partial charge < -0.3 is 9.80 Å². The van der Waals surface area contributed by atoms with Gasteiger partial charge in [-0.25, -0.2) is 0 Å². The van der Waals surface area contributed by atoms with E-state index in [2.05, 4.69) is 11.5 Å². The van der Waals surface area contributed by atoms with Crippen molar-refractivity contribution in [3.8, 4) is 0 Å². The van der Waals surface area contributed by atoms with Crippen LogP contribution in [-0.2, 0) is 4.79 Å². The van der Waals surface area contributed by atoms with Gasteiger partial charge in [-0.3, -0.25) is 4.79 Å². The van der Waals surface area contributed by atoms with Gasteiger partial charge in [0, 0.05) is 19.1 Å². The van der Waals surface area contributed by atoms with Gasteiger partial charge in [0.2, 0.25) is 5.91 Å². The first-order chi connectivity index (χ1) is 7.15. The predicted molar refractivity (Wildman–Crippen MR) is 62.7 cm³/mol. The van der Waals surface area contributed by atoms with E-state index in [4.69, 9.17) is 0 Å². The Morgan fingerprint density at radius 3 is 2.40 bits per heavy atom. The molecule has 0 atom stereocenters. The topological polar surface area (TPSA) is 23.6 Å². The first-order valence-corrected chi connectivity index (χ1v) is 5.73. The van der Waals surface area contributed by atoms with Gasteiger partial charge in [0.25, 0.3) is 0 Å². The summed E-state index contributed by atoms with van der Waals surface area (Å²) in [6, 6.07) is 0.454. The van der Waals surface area contributed by atoms with Crippen LogP contribution in [0.25, 0.3) is 0 Å². The number of likely N-dealkylation sites (N-methyl/N-ethyl adjacent to an activating group) is 1. The number of carbonyl (C=O) groups is 1. The third-order valence-electron chi connectivity index (χ3n) is 3.01. The summed E-state index contributed by atoms with van der Waals surface area (Å²) in [5.74, 6) is 0.0868. The van der Waals surface area contributed by atoms with E-state index in [1.165, 1.54) is 18.9 Å². The molecule has 1 aliphatic carbocycles. The van der Waals surface area contributed by atoms with Gasteiger partial charge in [-0.05, 0) is 33.0 Å². The lowest BCUT2D eigenvalue weighted by atomic mass is 10.2. The highest BCUT2D eigenvalue weighted by Gasteiger charge is 2.24. The minimum absolute atomic E-state index is 0.0868. The fourth-order valence-corrected chi connectivity index (χ4v) is 2.11. The molecular formula is C12H22N2O. The fraction of sp³-hybridized carbons (Fsp3) is 0.750. The zero-order valence-electron chi connectivity index (χ0n) is 9.91. The van der Waals surface area contributed by atoms with Crippen LogP contribution in [0.15, 0.2) is 12.7 Å². The second kappa shape index (κ2) is 5.91. The first-order valence-electron chi connectivity index (χ1n) is 5.73. The zero-order chi connectivity index (χ0) is 11.3. The Morgan fingerprint density at radius 1 is 1.33 bits per heavy atom. The van der Waals surface area contributed by atoms with Crippen molar-refractivity contribution in [2.75, 3.05) is 27.2 Å². The molecule has 0 saturated heterocycles. The first kappa shape index (κ1) is 12.2. The lowest BCUT2D eigenvalue weighted by molar-refractivity contribution is -0.128. The monoisotopic (exact) mass is 210 g/mol. The van der Waals surface area contributed by atoms with E-state index < -0.39 is 0 Å². The summed E-state index contributed by atoms with van der Waals surface area (Å²) in [7, 11) is 4.07. The Bertz CT molecular complexity index is 220. The third kappa shape index (κ3) is 3.67.